The van der Waals surface area contributed by atoms with Gasteiger partial charge in [-0.15, -0.1) is 0 Å². The molecule has 1 aromatic rings. The normalized spacial score (nSPS) is 15.0. The van der Waals surface area contributed by atoms with Crippen LogP contribution in [0.4, 0.5) is 0 Å². The first kappa shape index (κ1) is 16.7. The number of Topliss-reactive ketones (excluding diaryl/α,β-unsaturated/α-hetero) is 1. The summed E-state index contributed by atoms with van der Waals surface area (Å²) in [5, 5.41) is 11.8. The third kappa shape index (κ3) is 4.95. The van der Waals surface area contributed by atoms with E-state index in [1.165, 1.54) is 24.0 Å². The smallest absolute Gasteiger partial charge is 0.220 e. The summed E-state index contributed by atoms with van der Waals surface area (Å²) in [6.07, 6.45) is 5.13. The Bertz CT molecular complexity index is 537. The van der Waals surface area contributed by atoms with Gasteiger partial charge in [0.05, 0.1) is 6.10 Å². The SMILES string of the molecule is CC(O)CCNC(=O)CCC(=O)c1ccc2c(c1)CCCC2. The lowest BCUT2D eigenvalue weighted by atomic mass is 9.89. The van der Waals surface area contributed by atoms with Crippen molar-refractivity contribution >= 4 is 11.7 Å². The molecule has 1 aliphatic rings. The first-order valence-corrected chi connectivity index (χ1v) is 8.16. The molecule has 1 atom stereocenters. The van der Waals surface area contributed by atoms with E-state index in [0.29, 0.717) is 13.0 Å². The molecule has 0 aromatic heterocycles. The minimum atomic E-state index is -0.419. The van der Waals surface area contributed by atoms with Gasteiger partial charge in [0.2, 0.25) is 5.91 Å². The number of carbonyl (C=O) groups is 2. The van der Waals surface area contributed by atoms with Gasteiger partial charge < -0.3 is 10.4 Å². The average Bonchev–Trinajstić information content (AvgIpc) is 2.51. The van der Waals surface area contributed by atoms with Gasteiger partial charge in [-0.05, 0) is 56.2 Å². The molecule has 0 aliphatic heterocycles. The third-order valence-electron chi connectivity index (χ3n) is 4.13. The quantitative estimate of drug-likeness (QED) is 0.760. The van der Waals surface area contributed by atoms with Gasteiger partial charge in [0.15, 0.2) is 5.78 Å². The monoisotopic (exact) mass is 303 g/mol. The molecule has 1 aromatic carbocycles. The van der Waals surface area contributed by atoms with Crippen LogP contribution in [0.1, 0.15) is 60.5 Å². The van der Waals surface area contributed by atoms with Crippen molar-refractivity contribution in [3.8, 4) is 0 Å². The average molecular weight is 303 g/mol. The van der Waals surface area contributed by atoms with Crippen molar-refractivity contribution in [2.75, 3.05) is 6.54 Å². The molecule has 0 spiro atoms. The number of nitrogens with one attached hydrogen (secondary N) is 1. The number of hydrogen-bond donors (Lipinski definition) is 2. The highest BCUT2D eigenvalue weighted by atomic mass is 16.3. The van der Waals surface area contributed by atoms with Crippen LogP contribution in [-0.2, 0) is 17.6 Å². The number of amides is 1. The number of hydrogen-bond acceptors (Lipinski definition) is 3. The van der Waals surface area contributed by atoms with Gasteiger partial charge in [-0.2, -0.15) is 0 Å². The second-order valence-corrected chi connectivity index (χ2v) is 6.10. The van der Waals surface area contributed by atoms with Crippen molar-refractivity contribution in [1.29, 1.82) is 0 Å². The Morgan fingerprint density at radius 1 is 1.18 bits per heavy atom. The van der Waals surface area contributed by atoms with Crippen LogP contribution in [-0.4, -0.2) is 29.4 Å². The molecule has 0 radical (unpaired) electrons. The van der Waals surface area contributed by atoms with Gasteiger partial charge in [-0.1, -0.05) is 12.1 Å². The zero-order valence-electron chi connectivity index (χ0n) is 13.2. The van der Waals surface area contributed by atoms with Crippen molar-refractivity contribution < 1.29 is 14.7 Å². The molecule has 1 aliphatic carbocycles. The molecule has 0 saturated heterocycles. The predicted molar refractivity (Wildman–Crippen MR) is 86.0 cm³/mol. The van der Waals surface area contributed by atoms with Crippen molar-refractivity contribution in [3.63, 3.8) is 0 Å². The van der Waals surface area contributed by atoms with Gasteiger partial charge >= 0.3 is 0 Å². The minimum absolute atomic E-state index is 0.0269. The highest BCUT2D eigenvalue weighted by molar-refractivity contribution is 5.98. The van der Waals surface area contributed by atoms with Gasteiger partial charge in [0, 0.05) is 24.9 Å². The topological polar surface area (TPSA) is 66.4 Å². The highest BCUT2D eigenvalue weighted by Crippen LogP contribution is 2.22. The Balaban J connectivity index is 1.81. The number of ketones is 1. The predicted octanol–water partition coefficient (Wildman–Crippen LogP) is 2.42. The highest BCUT2D eigenvalue weighted by Gasteiger charge is 2.14. The van der Waals surface area contributed by atoms with E-state index in [2.05, 4.69) is 11.4 Å². The summed E-state index contributed by atoms with van der Waals surface area (Å²) in [5.74, 6) is -0.106. The number of aryl methyl sites for hydroxylation is 2. The number of aliphatic hydroxyl groups excluding tert-OH is 1. The van der Waals surface area contributed by atoms with Gasteiger partial charge in [-0.25, -0.2) is 0 Å². The summed E-state index contributed by atoms with van der Waals surface area (Å²) in [4.78, 5) is 23.8. The Kier molecular flexibility index (Phi) is 6.13. The molecule has 120 valence electrons. The van der Waals surface area contributed by atoms with Crippen LogP contribution in [0.5, 0.6) is 0 Å². The molecular weight excluding hydrogens is 278 g/mol. The van der Waals surface area contributed by atoms with Crippen LogP contribution >= 0.6 is 0 Å². The van der Waals surface area contributed by atoms with Gasteiger partial charge in [-0.3, -0.25) is 9.59 Å². The summed E-state index contributed by atoms with van der Waals surface area (Å²) >= 11 is 0. The molecule has 2 rings (SSSR count). The molecule has 4 nitrogen and oxygen atoms in total. The van der Waals surface area contributed by atoms with Crippen molar-refractivity contribution in [1.82, 2.24) is 5.32 Å². The summed E-state index contributed by atoms with van der Waals surface area (Å²) < 4.78 is 0. The zero-order valence-corrected chi connectivity index (χ0v) is 13.2. The molecule has 0 bridgehead atoms. The van der Waals surface area contributed by atoms with Crippen LogP contribution in [0.3, 0.4) is 0 Å². The molecule has 2 N–H and O–H groups in total. The lowest BCUT2D eigenvalue weighted by Gasteiger charge is -2.16. The van der Waals surface area contributed by atoms with E-state index in [1.807, 2.05) is 12.1 Å². The van der Waals surface area contributed by atoms with E-state index >= 15 is 0 Å². The van der Waals surface area contributed by atoms with E-state index in [-0.39, 0.29) is 24.5 Å². The lowest BCUT2D eigenvalue weighted by molar-refractivity contribution is -0.121. The maximum Gasteiger partial charge on any atom is 0.220 e. The molecule has 1 amide bonds. The van der Waals surface area contributed by atoms with Crippen LogP contribution in [0, 0.1) is 0 Å². The van der Waals surface area contributed by atoms with E-state index in [4.69, 9.17) is 5.11 Å². The summed E-state index contributed by atoms with van der Waals surface area (Å²) in [6, 6.07) is 5.95. The number of carbonyl (C=O) groups excluding carboxylic acids is 2. The van der Waals surface area contributed by atoms with E-state index < -0.39 is 6.10 Å². The first-order valence-electron chi connectivity index (χ1n) is 8.16. The fourth-order valence-electron chi connectivity index (χ4n) is 2.79. The Morgan fingerprint density at radius 2 is 1.91 bits per heavy atom. The number of rotatable bonds is 7. The van der Waals surface area contributed by atoms with Crippen LogP contribution < -0.4 is 5.32 Å². The maximum atomic E-state index is 12.2. The van der Waals surface area contributed by atoms with Crippen LogP contribution in [0.2, 0.25) is 0 Å². The molecule has 0 saturated carbocycles. The van der Waals surface area contributed by atoms with Crippen molar-refractivity contribution in [3.05, 3.63) is 34.9 Å². The Morgan fingerprint density at radius 3 is 2.64 bits per heavy atom. The molecule has 22 heavy (non-hydrogen) atoms. The fourth-order valence-corrected chi connectivity index (χ4v) is 2.79. The maximum absolute atomic E-state index is 12.2. The number of aliphatic hydroxyl groups is 1. The van der Waals surface area contributed by atoms with Crippen molar-refractivity contribution in [2.45, 2.75) is 58.0 Å². The Labute approximate surface area is 131 Å². The lowest BCUT2D eigenvalue weighted by Crippen LogP contribution is -2.26. The molecule has 1 unspecified atom stereocenters. The van der Waals surface area contributed by atoms with E-state index in [9.17, 15) is 9.59 Å². The second kappa shape index (κ2) is 8.08. The second-order valence-electron chi connectivity index (χ2n) is 6.10. The van der Waals surface area contributed by atoms with Gasteiger partial charge in [0.1, 0.15) is 0 Å². The Hall–Kier alpha value is -1.68. The molecule has 0 heterocycles. The minimum Gasteiger partial charge on any atom is -0.393 e. The number of benzene rings is 1. The van der Waals surface area contributed by atoms with Crippen LogP contribution in [0.25, 0.3) is 0 Å². The van der Waals surface area contributed by atoms with Gasteiger partial charge in [0.25, 0.3) is 0 Å². The van der Waals surface area contributed by atoms with E-state index in [0.717, 1.165) is 18.4 Å². The summed E-state index contributed by atoms with van der Waals surface area (Å²) in [7, 11) is 0. The largest absolute Gasteiger partial charge is 0.393 e. The third-order valence-corrected chi connectivity index (χ3v) is 4.13. The number of fused-ring (bicyclic) bond motifs is 1. The summed E-state index contributed by atoms with van der Waals surface area (Å²) in [5.41, 5.74) is 3.37. The standard InChI is InChI=1S/C18H25NO3/c1-13(20)10-11-19-18(22)9-8-17(21)16-7-6-14-4-2-3-5-15(14)12-16/h6-7,12-13,20H,2-5,8-11H2,1H3,(H,19,22). The van der Waals surface area contributed by atoms with Crippen molar-refractivity contribution in [2.24, 2.45) is 0 Å². The molecule has 0 fully saturated rings. The van der Waals surface area contributed by atoms with E-state index in [1.54, 1.807) is 6.92 Å². The zero-order chi connectivity index (χ0) is 15.9. The van der Waals surface area contributed by atoms with Crippen LogP contribution in [0.15, 0.2) is 18.2 Å². The fraction of sp³-hybridized carbons (Fsp3) is 0.556. The molecular formula is C18H25NO3. The first-order chi connectivity index (χ1) is 10.6. The summed E-state index contributed by atoms with van der Waals surface area (Å²) in [6.45, 7) is 2.13. The molecule has 4 heteroatoms.